The number of imidazole rings is 1. The quantitative estimate of drug-likeness (QED) is 0.736. The largest absolute Gasteiger partial charge is 0.379 e. The molecule has 0 spiro atoms. The summed E-state index contributed by atoms with van der Waals surface area (Å²) in [4.78, 5) is 4.12. The van der Waals surface area contributed by atoms with Crippen LogP contribution in [0.5, 0.6) is 0 Å². The van der Waals surface area contributed by atoms with Crippen LogP contribution >= 0.6 is 0 Å². The van der Waals surface area contributed by atoms with E-state index in [4.69, 9.17) is 10.5 Å². The molecule has 1 aromatic heterocycles. The molecule has 2 N–H and O–H groups in total. The Balaban J connectivity index is 2.23. The maximum atomic E-state index is 5.82. The van der Waals surface area contributed by atoms with Crippen molar-refractivity contribution in [1.82, 2.24) is 9.55 Å². The fourth-order valence-electron chi connectivity index (χ4n) is 1.71. The zero-order valence-corrected chi connectivity index (χ0v) is 7.81. The average Bonchev–Trinajstić information content (AvgIpc) is 2.74. The Morgan fingerprint density at radius 2 is 2.62 bits per heavy atom. The molecular weight excluding hydrogens is 166 g/mol. The summed E-state index contributed by atoms with van der Waals surface area (Å²) in [5.41, 5.74) is 6.92. The molecule has 0 saturated carbocycles. The molecule has 0 aromatic carbocycles. The third-order valence-corrected chi connectivity index (χ3v) is 2.46. The number of hydrogen-bond acceptors (Lipinski definition) is 3. The van der Waals surface area contributed by atoms with E-state index < -0.39 is 0 Å². The molecule has 1 fully saturated rings. The number of ether oxygens (including phenoxy) is 1. The molecule has 0 bridgehead atoms. The van der Waals surface area contributed by atoms with E-state index >= 15 is 0 Å². The molecule has 1 aliphatic rings. The van der Waals surface area contributed by atoms with E-state index in [-0.39, 0.29) is 6.04 Å². The van der Waals surface area contributed by atoms with Crippen molar-refractivity contribution in [1.29, 1.82) is 0 Å². The van der Waals surface area contributed by atoms with Gasteiger partial charge in [-0.05, 0) is 13.3 Å². The van der Waals surface area contributed by atoms with Crippen LogP contribution in [0.4, 0.5) is 0 Å². The Morgan fingerprint density at radius 1 is 1.77 bits per heavy atom. The third kappa shape index (κ3) is 1.59. The van der Waals surface area contributed by atoms with Crippen LogP contribution in [0.2, 0.25) is 0 Å². The Hall–Kier alpha value is -0.870. The molecule has 1 aromatic rings. The highest BCUT2D eigenvalue weighted by Gasteiger charge is 2.20. The minimum atomic E-state index is 0.0445. The average molecular weight is 181 g/mol. The van der Waals surface area contributed by atoms with Gasteiger partial charge in [-0.25, -0.2) is 4.98 Å². The SMILES string of the molecule is CC(N)c1cncn1C1CCOC1. The van der Waals surface area contributed by atoms with Crippen LogP contribution in [-0.2, 0) is 4.74 Å². The summed E-state index contributed by atoms with van der Waals surface area (Å²) in [5.74, 6) is 0. The van der Waals surface area contributed by atoms with Gasteiger partial charge in [0.2, 0.25) is 0 Å². The minimum absolute atomic E-state index is 0.0445. The van der Waals surface area contributed by atoms with Crippen molar-refractivity contribution in [3.8, 4) is 0 Å². The summed E-state index contributed by atoms with van der Waals surface area (Å²) in [6.45, 7) is 3.61. The Labute approximate surface area is 77.7 Å². The predicted molar refractivity (Wildman–Crippen MR) is 49.3 cm³/mol. The summed E-state index contributed by atoms with van der Waals surface area (Å²) < 4.78 is 7.46. The van der Waals surface area contributed by atoms with Crippen molar-refractivity contribution in [2.24, 2.45) is 5.73 Å². The molecule has 0 amide bonds. The van der Waals surface area contributed by atoms with Crippen molar-refractivity contribution in [3.05, 3.63) is 18.2 Å². The molecule has 1 saturated heterocycles. The van der Waals surface area contributed by atoms with Crippen LogP contribution in [0.25, 0.3) is 0 Å². The molecule has 2 heterocycles. The van der Waals surface area contributed by atoms with Crippen LogP contribution in [0.15, 0.2) is 12.5 Å². The second-order valence-electron chi connectivity index (χ2n) is 3.53. The maximum absolute atomic E-state index is 5.82. The molecule has 72 valence electrons. The first-order valence-corrected chi connectivity index (χ1v) is 4.64. The summed E-state index contributed by atoms with van der Waals surface area (Å²) in [7, 11) is 0. The molecule has 4 nitrogen and oxygen atoms in total. The Kier molecular flexibility index (Phi) is 2.33. The summed E-state index contributed by atoms with van der Waals surface area (Å²) in [6.07, 6.45) is 4.75. The van der Waals surface area contributed by atoms with E-state index in [2.05, 4.69) is 9.55 Å². The van der Waals surface area contributed by atoms with Gasteiger partial charge >= 0.3 is 0 Å². The maximum Gasteiger partial charge on any atom is 0.0952 e. The topological polar surface area (TPSA) is 53.1 Å². The van der Waals surface area contributed by atoms with Gasteiger partial charge in [0.25, 0.3) is 0 Å². The molecule has 13 heavy (non-hydrogen) atoms. The number of nitrogens with zero attached hydrogens (tertiary/aromatic N) is 2. The zero-order valence-electron chi connectivity index (χ0n) is 7.81. The van der Waals surface area contributed by atoms with E-state index in [9.17, 15) is 0 Å². The van der Waals surface area contributed by atoms with E-state index in [0.29, 0.717) is 6.04 Å². The van der Waals surface area contributed by atoms with Gasteiger partial charge in [0.05, 0.1) is 24.7 Å². The van der Waals surface area contributed by atoms with Crippen LogP contribution in [0.1, 0.15) is 31.1 Å². The lowest BCUT2D eigenvalue weighted by atomic mass is 10.2. The third-order valence-electron chi connectivity index (χ3n) is 2.46. The lowest BCUT2D eigenvalue weighted by Crippen LogP contribution is -2.16. The van der Waals surface area contributed by atoms with Gasteiger partial charge in [0.1, 0.15) is 0 Å². The van der Waals surface area contributed by atoms with Crippen molar-refractivity contribution in [2.45, 2.75) is 25.4 Å². The van der Waals surface area contributed by atoms with Crippen LogP contribution in [0, 0.1) is 0 Å². The second kappa shape index (κ2) is 3.47. The first kappa shape index (κ1) is 8.72. The zero-order chi connectivity index (χ0) is 9.26. The van der Waals surface area contributed by atoms with Crippen LogP contribution < -0.4 is 5.73 Å². The molecule has 1 aliphatic heterocycles. The number of aromatic nitrogens is 2. The smallest absolute Gasteiger partial charge is 0.0952 e. The number of nitrogens with two attached hydrogens (primary N) is 1. The van der Waals surface area contributed by atoms with Gasteiger partial charge in [-0.15, -0.1) is 0 Å². The first-order valence-electron chi connectivity index (χ1n) is 4.64. The number of hydrogen-bond donors (Lipinski definition) is 1. The molecule has 2 atom stereocenters. The normalized spacial score (nSPS) is 24.9. The highest BCUT2D eigenvalue weighted by atomic mass is 16.5. The van der Waals surface area contributed by atoms with Gasteiger partial charge in [-0.3, -0.25) is 0 Å². The molecule has 0 radical (unpaired) electrons. The highest BCUT2D eigenvalue weighted by Crippen LogP contribution is 2.22. The second-order valence-corrected chi connectivity index (χ2v) is 3.53. The van der Waals surface area contributed by atoms with Crippen molar-refractivity contribution < 1.29 is 4.74 Å². The Morgan fingerprint density at radius 3 is 3.23 bits per heavy atom. The van der Waals surface area contributed by atoms with Crippen molar-refractivity contribution in [3.63, 3.8) is 0 Å². The summed E-state index contributed by atoms with van der Waals surface area (Å²) in [5, 5.41) is 0. The van der Waals surface area contributed by atoms with E-state index in [1.165, 1.54) is 0 Å². The van der Waals surface area contributed by atoms with E-state index in [1.807, 2.05) is 19.4 Å². The van der Waals surface area contributed by atoms with E-state index in [0.717, 1.165) is 25.3 Å². The predicted octanol–water partition coefficient (Wildman–Crippen LogP) is 0.864. The van der Waals surface area contributed by atoms with Gasteiger partial charge < -0.3 is 15.0 Å². The Bertz CT molecular complexity index is 276. The first-order chi connectivity index (χ1) is 6.29. The van der Waals surface area contributed by atoms with Gasteiger partial charge in [-0.2, -0.15) is 0 Å². The van der Waals surface area contributed by atoms with Crippen LogP contribution in [-0.4, -0.2) is 22.8 Å². The van der Waals surface area contributed by atoms with E-state index in [1.54, 1.807) is 0 Å². The summed E-state index contributed by atoms with van der Waals surface area (Å²) >= 11 is 0. The number of rotatable bonds is 2. The lowest BCUT2D eigenvalue weighted by molar-refractivity contribution is 0.186. The fraction of sp³-hybridized carbons (Fsp3) is 0.667. The fourth-order valence-corrected chi connectivity index (χ4v) is 1.71. The molecule has 2 unspecified atom stereocenters. The minimum Gasteiger partial charge on any atom is -0.379 e. The molecule has 2 rings (SSSR count). The van der Waals surface area contributed by atoms with Gasteiger partial charge in [0.15, 0.2) is 0 Å². The molecular formula is C9H15N3O. The van der Waals surface area contributed by atoms with Crippen molar-refractivity contribution in [2.75, 3.05) is 13.2 Å². The molecule has 0 aliphatic carbocycles. The summed E-state index contributed by atoms with van der Waals surface area (Å²) in [6, 6.07) is 0.478. The lowest BCUT2D eigenvalue weighted by Gasteiger charge is -2.15. The van der Waals surface area contributed by atoms with Crippen molar-refractivity contribution >= 4 is 0 Å². The highest BCUT2D eigenvalue weighted by molar-refractivity contribution is 5.05. The monoisotopic (exact) mass is 181 g/mol. The van der Waals surface area contributed by atoms with Crippen LogP contribution in [0.3, 0.4) is 0 Å². The standard InChI is InChI=1S/C9H15N3O/c1-7(10)9-4-11-6-12(9)8-2-3-13-5-8/h4,6-8H,2-3,5,10H2,1H3. The van der Waals surface area contributed by atoms with Gasteiger partial charge in [0, 0.05) is 18.8 Å². The van der Waals surface area contributed by atoms with Gasteiger partial charge in [-0.1, -0.05) is 0 Å². The molecule has 4 heteroatoms.